The van der Waals surface area contributed by atoms with E-state index in [1.165, 1.54) is 24.5 Å². The van der Waals surface area contributed by atoms with E-state index in [4.69, 9.17) is 13.6 Å². The maximum Gasteiger partial charge on any atom is 0.375 e. The van der Waals surface area contributed by atoms with Gasteiger partial charge in [0.05, 0.1) is 12.3 Å². The van der Waals surface area contributed by atoms with Crippen LogP contribution in [0.25, 0.3) is 11.0 Å². The maximum atomic E-state index is 13.3. The number of furan rings is 2. The number of carbonyl (C=O) groups is 2. The Bertz CT molecular complexity index is 913. The second-order valence-electron chi connectivity index (χ2n) is 5.58. The predicted molar refractivity (Wildman–Crippen MR) is 86.5 cm³/mol. The van der Waals surface area contributed by atoms with Crippen LogP contribution in [0.2, 0.25) is 0 Å². The van der Waals surface area contributed by atoms with Crippen LogP contribution in [-0.4, -0.2) is 18.5 Å². The van der Waals surface area contributed by atoms with Crippen LogP contribution in [0.1, 0.15) is 34.8 Å². The zero-order valence-electron chi connectivity index (χ0n) is 13.7. The molecular weight excluding hydrogens is 329 g/mol. The molecule has 2 aromatic heterocycles. The zero-order valence-corrected chi connectivity index (χ0v) is 13.7. The maximum absolute atomic E-state index is 13.3. The first-order valence-electron chi connectivity index (χ1n) is 7.64. The molecule has 1 amide bonds. The number of carbonyl (C=O) groups excluding carboxylic acids is 2. The smallest absolute Gasteiger partial charge is 0.375 e. The number of halogens is 1. The van der Waals surface area contributed by atoms with Crippen LogP contribution < -0.4 is 5.32 Å². The number of fused-ring (bicyclic) bond motifs is 1. The van der Waals surface area contributed by atoms with Gasteiger partial charge in [0, 0.05) is 10.9 Å². The molecule has 6 nitrogen and oxygen atoms in total. The van der Waals surface area contributed by atoms with Gasteiger partial charge in [-0.2, -0.15) is 0 Å². The molecule has 1 atom stereocenters. The highest BCUT2D eigenvalue weighted by molar-refractivity contribution is 5.96. The van der Waals surface area contributed by atoms with Gasteiger partial charge < -0.3 is 18.9 Å². The molecule has 0 aliphatic carbocycles. The van der Waals surface area contributed by atoms with E-state index in [-0.39, 0.29) is 11.8 Å². The Morgan fingerprint density at radius 1 is 1.32 bits per heavy atom. The molecule has 0 radical (unpaired) electrons. The Labute approximate surface area is 142 Å². The Balaban J connectivity index is 1.63. The van der Waals surface area contributed by atoms with Gasteiger partial charge in [0.25, 0.3) is 5.91 Å². The van der Waals surface area contributed by atoms with Crippen molar-refractivity contribution in [3.63, 3.8) is 0 Å². The summed E-state index contributed by atoms with van der Waals surface area (Å²) >= 11 is 0. The number of hydrogen-bond acceptors (Lipinski definition) is 5. The molecule has 7 heteroatoms. The van der Waals surface area contributed by atoms with Crippen LogP contribution in [0.4, 0.5) is 4.39 Å². The van der Waals surface area contributed by atoms with Crippen molar-refractivity contribution in [1.82, 2.24) is 5.32 Å². The molecule has 0 bridgehead atoms. The molecule has 130 valence electrons. The number of amides is 1. The average molecular weight is 345 g/mol. The number of benzene rings is 1. The van der Waals surface area contributed by atoms with Gasteiger partial charge in [0.1, 0.15) is 17.2 Å². The van der Waals surface area contributed by atoms with E-state index >= 15 is 0 Å². The summed E-state index contributed by atoms with van der Waals surface area (Å²) in [5.74, 6) is -1.14. The number of nitrogens with one attached hydrogen (secondary N) is 1. The molecule has 1 aromatic carbocycles. The fourth-order valence-corrected chi connectivity index (χ4v) is 2.48. The van der Waals surface area contributed by atoms with Crippen LogP contribution in [0.15, 0.2) is 45.4 Å². The molecule has 1 N–H and O–H groups in total. The second-order valence-corrected chi connectivity index (χ2v) is 5.58. The predicted octanol–water partition coefficient (Wildman–Crippen LogP) is 3.51. The first-order chi connectivity index (χ1) is 12.0. The van der Waals surface area contributed by atoms with E-state index in [9.17, 15) is 14.0 Å². The SMILES string of the molecule is Cc1c(C(=O)OCC(=O)N[C@H](C)c2ccco2)oc2ccc(F)cc12. The van der Waals surface area contributed by atoms with Crippen molar-refractivity contribution in [3.8, 4) is 0 Å². The molecule has 0 spiro atoms. The highest BCUT2D eigenvalue weighted by Crippen LogP contribution is 2.26. The van der Waals surface area contributed by atoms with Crippen molar-refractivity contribution >= 4 is 22.8 Å². The normalized spacial score (nSPS) is 12.1. The average Bonchev–Trinajstić information content (AvgIpc) is 3.22. The minimum Gasteiger partial charge on any atom is -0.467 e. The minimum atomic E-state index is -0.782. The van der Waals surface area contributed by atoms with E-state index in [0.29, 0.717) is 22.3 Å². The van der Waals surface area contributed by atoms with Crippen LogP contribution in [0.3, 0.4) is 0 Å². The number of rotatable bonds is 5. The third kappa shape index (κ3) is 3.55. The Hall–Kier alpha value is -3.09. The fourth-order valence-electron chi connectivity index (χ4n) is 2.48. The molecule has 2 heterocycles. The third-order valence-corrected chi connectivity index (χ3v) is 3.77. The van der Waals surface area contributed by atoms with Gasteiger partial charge >= 0.3 is 5.97 Å². The second kappa shape index (κ2) is 6.80. The monoisotopic (exact) mass is 345 g/mol. The van der Waals surface area contributed by atoms with Crippen molar-refractivity contribution in [3.05, 3.63) is 59.5 Å². The van der Waals surface area contributed by atoms with Gasteiger partial charge in [-0.15, -0.1) is 0 Å². The van der Waals surface area contributed by atoms with Crippen molar-refractivity contribution in [2.24, 2.45) is 0 Å². The largest absolute Gasteiger partial charge is 0.467 e. The number of ether oxygens (including phenoxy) is 1. The summed E-state index contributed by atoms with van der Waals surface area (Å²) in [4.78, 5) is 24.0. The lowest BCUT2D eigenvalue weighted by atomic mass is 10.1. The van der Waals surface area contributed by atoms with Crippen LogP contribution in [0.5, 0.6) is 0 Å². The summed E-state index contributed by atoms with van der Waals surface area (Å²) in [6.45, 7) is 2.91. The number of aryl methyl sites for hydroxylation is 1. The van der Waals surface area contributed by atoms with Crippen LogP contribution in [0, 0.1) is 12.7 Å². The first-order valence-corrected chi connectivity index (χ1v) is 7.64. The summed E-state index contributed by atoms with van der Waals surface area (Å²) in [5.41, 5.74) is 0.839. The quantitative estimate of drug-likeness (QED) is 0.716. The molecule has 0 fully saturated rings. The van der Waals surface area contributed by atoms with E-state index in [2.05, 4.69) is 5.32 Å². The summed E-state index contributed by atoms with van der Waals surface area (Å²) in [5, 5.41) is 3.14. The lowest BCUT2D eigenvalue weighted by Gasteiger charge is -2.11. The van der Waals surface area contributed by atoms with Gasteiger partial charge in [0.15, 0.2) is 6.61 Å². The standard InChI is InChI=1S/C18H16FNO5/c1-10-13-8-12(19)5-6-15(13)25-17(10)18(22)24-9-16(21)20-11(2)14-4-3-7-23-14/h3-8,11H,9H2,1-2H3,(H,20,21)/t11-/m1/s1. The van der Waals surface area contributed by atoms with E-state index in [1.807, 2.05) is 0 Å². The molecule has 0 saturated heterocycles. The summed E-state index contributed by atoms with van der Waals surface area (Å²) < 4.78 is 28.9. The lowest BCUT2D eigenvalue weighted by molar-refractivity contribution is -0.125. The van der Waals surface area contributed by atoms with E-state index in [0.717, 1.165) is 0 Å². The molecule has 25 heavy (non-hydrogen) atoms. The Kier molecular flexibility index (Phi) is 4.56. The van der Waals surface area contributed by atoms with Crippen molar-refractivity contribution in [1.29, 1.82) is 0 Å². The number of hydrogen-bond donors (Lipinski definition) is 1. The van der Waals surface area contributed by atoms with Crippen molar-refractivity contribution in [2.75, 3.05) is 6.61 Å². The molecular formula is C18H16FNO5. The molecule has 0 unspecified atom stereocenters. The molecule has 3 rings (SSSR count). The van der Waals surface area contributed by atoms with Crippen molar-refractivity contribution < 1.29 is 27.6 Å². The summed E-state index contributed by atoms with van der Waals surface area (Å²) in [7, 11) is 0. The zero-order chi connectivity index (χ0) is 18.0. The van der Waals surface area contributed by atoms with Gasteiger partial charge in [0.2, 0.25) is 5.76 Å². The number of esters is 1. The highest BCUT2D eigenvalue weighted by Gasteiger charge is 2.21. The lowest BCUT2D eigenvalue weighted by Crippen LogP contribution is -2.31. The Morgan fingerprint density at radius 2 is 2.12 bits per heavy atom. The Morgan fingerprint density at radius 3 is 2.84 bits per heavy atom. The van der Waals surface area contributed by atoms with Gasteiger partial charge in [-0.25, -0.2) is 9.18 Å². The molecule has 3 aromatic rings. The van der Waals surface area contributed by atoms with Gasteiger partial charge in [-0.05, 0) is 44.2 Å². The van der Waals surface area contributed by atoms with Crippen molar-refractivity contribution in [2.45, 2.75) is 19.9 Å². The first kappa shape index (κ1) is 16.8. The fraction of sp³-hybridized carbons (Fsp3) is 0.222. The highest BCUT2D eigenvalue weighted by atomic mass is 19.1. The van der Waals surface area contributed by atoms with E-state index < -0.39 is 24.3 Å². The van der Waals surface area contributed by atoms with Gasteiger partial charge in [-0.3, -0.25) is 4.79 Å². The molecule has 0 aliphatic heterocycles. The van der Waals surface area contributed by atoms with E-state index in [1.54, 1.807) is 26.0 Å². The topological polar surface area (TPSA) is 81.7 Å². The molecule has 0 saturated carbocycles. The molecule has 0 aliphatic rings. The summed E-state index contributed by atoms with van der Waals surface area (Å²) in [6, 6.07) is 7.05. The van der Waals surface area contributed by atoms with Crippen LogP contribution in [-0.2, 0) is 9.53 Å². The third-order valence-electron chi connectivity index (χ3n) is 3.77. The summed E-state index contributed by atoms with van der Waals surface area (Å²) in [6.07, 6.45) is 1.51. The minimum absolute atomic E-state index is 0.0486. The van der Waals surface area contributed by atoms with Gasteiger partial charge in [-0.1, -0.05) is 0 Å². The van der Waals surface area contributed by atoms with Crippen LogP contribution >= 0.6 is 0 Å².